The van der Waals surface area contributed by atoms with Crippen LogP contribution in [0.15, 0.2) is 30.5 Å². The minimum Gasteiger partial charge on any atom is -0.478 e. The molecule has 4 heterocycles. The van der Waals surface area contributed by atoms with Crippen molar-refractivity contribution in [1.82, 2.24) is 29.2 Å². The van der Waals surface area contributed by atoms with Crippen LogP contribution in [0.25, 0.3) is 22.3 Å². The summed E-state index contributed by atoms with van der Waals surface area (Å²) in [7, 11) is 1.78. The van der Waals surface area contributed by atoms with Crippen LogP contribution in [0.3, 0.4) is 0 Å². The van der Waals surface area contributed by atoms with E-state index in [-0.39, 0.29) is 11.7 Å². The number of imidazole rings is 1. The third-order valence-corrected chi connectivity index (χ3v) is 7.42. The molecule has 12 nitrogen and oxygen atoms in total. The van der Waals surface area contributed by atoms with Gasteiger partial charge in [-0.05, 0) is 77.1 Å². The number of hydrogen-bond donors (Lipinski definition) is 2. The SMILES string of the molecule is Cc1cc(C(=O)O)cc(-c2cnn(C)c2OCCCCCn2c(N)nc3ccc4c(c32)CN(C(=O)OC(C)(C)C)CC4)n1. The van der Waals surface area contributed by atoms with E-state index in [0.29, 0.717) is 55.0 Å². The fourth-order valence-corrected chi connectivity index (χ4v) is 5.42. The van der Waals surface area contributed by atoms with Crippen molar-refractivity contribution in [2.45, 2.75) is 72.1 Å². The van der Waals surface area contributed by atoms with Gasteiger partial charge in [0, 0.05) is 31.4 Å². The maximum absolute atomic E-state index is 12.8. The Labute approximate surface area is 250 Å². The van der Waals surface area contributed by atoms with E-state index in [0.717, 1.165) is 42.3 Å². The molecular formula is C31H39N7O5. The lowest BCUT2D eigenvalue weighted by Gasteiger charge is -2.31. The van der Waals surface area contributed by atoms with E-state index in [9.17, 15) is 14.7 Å². The van der Waals surface area contributed by atoms with Gasteiger partial charge in [0.25, 0.3) is 0 Å². The highest BCUT2D eigenvalue weighted by molar-refractivity contribution is 5.89. The first-order valence-electron chi connectivity index (χ1n) is 14.5. The van der Waals surface area contributed by atoms with E-state index in [4.69, 9.17) is 15.2 Å². The molecule has 228 valence electrons. The van der Waals surface area contributed by atoms with Crippen LogP contribution in [0.1, 0.15) is 67.2 Å². The number of carbonyl (C=O) groups is 2. The van der Waals surface area contributed by atoms with Crippen molar-refractivity contribution in [2.24, 2.45) is 7.05 Å². The highest BCUT2D eigenvalue weighted by Crippen LogP contribution is 2.31. The third kappa shape index (κ3) is 6.58. The number of aryl methyl sites for hydroxylation is 3. The molecule has 0 bridgehead atoms. The predicted octanol–water partition coefficient (Wildman–Crippen LogP) is 4.96. The van der Waals surface area contributed by atoms with Gasteiger partial charge in [-0.3, -0.25) is 4.98 Å². The van der Waals surface area contributed by atoms with E-state index < -0.39 is 11.6 Å². The summed E-state index contributed by atoms with van der Waals surface area (Å²) < 4.78 is 15.4. The summed E-state index contributed by atoms with van der Waals surface area (Å²) >= 11 is 0. The first kappa shape index (κ1) is 29.9. The average Bonchev–Trinajstić information content (AvgIpc) is 3.47. The zero-order chi connectivity index (χ0) is 30.9. The third-order valence-electron chi connectivity index (χ3n) is 7.42. The Morgan fingerprint density at radius 2 is 1.91 bits per heavy atom. The second-order valence-corrected chi connectivity index (χ2v) is 11.9. The molecule has 1 amide bonds. The van der Waals surface area contributed by atoms with Gasteiger partial charge >= 0.3 is 12.1 Å². The fraction of sp³-hybridized carbons (Fsp3) is 0.452. The zero-order valence-electron chi connectivity index (χ0n) is 25.4. The first-order chi connectivity index (χ1) is 20.4. The van der Waals surface area contributed by atoms with Crippen LogP contribution in [-0.4, -0.2) is 65.1 Å². The second kappa shape index (κ2) is 11.9. The first-order valence-corrected chi connectivity index (χ1v) is 14.5. The number of nitrogen functional groups attached to an aromatic ring is 1. The van der Waals surface area contributed by atoms with E-state index in [1.807, 2.05) is 26.8 Å². The maximum Gasteiger partial charge on any atom is 0.410 e. The average molecular weight is 590 g/mol. The molecule has 5 rings (SSSR count). The summed E-state index contributed by atoms with van der Waals surface area (Å²) in [4.78, 5) is 35.2. The van der Waals surface area contributed by atoms with Gasteiger partial charge in [0.15, 0.2) is 0 Å². The molecule has 12 heteroatoms. The van der Waals surface area contributed by atoms with Crippen LogP contribution >= 0.6 is 0 Å². The summed E-state index contributed by atoms with van der Waals surface area (Å²) in [6.45, 7) is 9.59. The molecule has 3 N–H and O–H groups in total. The fourth-order valence-electron chi connectivity index (χ4n) is 5.42. The smallest absolute Gasteiger partial charge is 0.410 e. The number of carbonyl (C=O) groups excluding carboxylic acids is 1. The molecule has 0 saturated carbocycles. The van der Waals surface area contributed by atoms with Crippen molar-refractivity contribution >= 4 is 29.0 Å². The van der Waals surface area contributed by atoms with Gasteiger partial charge in [-0.25, -0.2) is 19.3 Å². The summed E-state index contributed by atoms with van der Waals surface area (Å²) in [6, 6.07) is 7.15. The van der Waals surface area contributed by atoms with Crippen molar-refractivity contribution in [3.8, 4) is 17.1 Å². The molecule has 3 aromatic heterocycles. The van der Waals surface area contributed by atoms with Crippen LogP contribution in [0.2, 0.25) is 0 Å². The maximum atomic E-state index is 12.8. The lowest BCUT2D eigenvalue weighted by Crippen LogP contribution is -2.40. The Bertz CT molecular complexity index is 1670. The Morgan fingerprint density at radius 3 is 2.65 bits per heavy atom. The van der Waals surface area contributed by atoms with Crippen LogP contribution in [0.5, 0.6) is 5.88 Å². The molecule has 0 atom stereocenters. The lowest BCUT2D eigenvalue weighted by molar-refractivity contribution is 0.0224. The quantitative estimate of drug-likeness (QED) is 0.258. The number of aromatic carboxylic acids is 1. The van der Waals surface area contributed by atoms with Crippen LogP contribution in [-0.2, 0) is 31.3 Å². The summed E-state index contributed by atoms with van der Waals surface area (Å²) in [5.41, 5.74) is 11.8. The van der Waals surface area contributed by atoms with Crippen molar-refractivity contribution in [3.63, 3.8) is 0 Å². The number of amides is 1. The van der Waals surface area contributed by atoms with Gasteiger partial charge in [-0.15, -0.1) is 0 Å². The van der Waals surface area contributed by atoms with E-state index in [2.05, 4.69) is 25.7 Å². The Balaban J connectivity index is 1.22. The van der Waals surface area contributed by atoms with Gasteiger partial charge in [0.2, 0.25) is 11.8 Å². The summed E-state index contributed by atoms with van der Waals surface area (Å²) in [6.07, 6.45) is 4.61. The van der Waals surface area contributed by atoms with E-state index in [1.165, 1.54) is 17.7 Å². The molecule has 0 spiro atoms. The topological polar surface area (TPSA) is 151 Å². The van der Waals surface area contributed by atoms with Crippen LogP contribution in [0, 0.1) is 6.92 Å². The number of carboxylic acids is 1. The molecular weight excluding hydrogens is 550 g/mol. The zero-order valence-corrected chi connectivity index (χ0v) is 25.4. The van der Waals surface area contributed by atoms with Gasteiger partial charge < -0.3 is 29.8 Å². The van der Waals surface area contributed by atoms with Crippen molar-refractivity contribution < 1.29 is 24.2 Å². The number of ether oxygens (including phenoxy) is 2. The molecule has 0 aliphatic carbocycles. The number of carboxylic acid groups (broad SMARTS) is 1. The molecule has 1 aromatic carbocycles. The Morgan fingerprint density at radius 1 is 1.12 bits per heavy atom. The molecule has 0 fully saturated rings. The largest absolute Gasteiger partial charge is 0.478 e. The molecule has 4 aromatic rings. The number of fused-ring (bicyclic) bond motifs is 3. The number of nitrogens with two attached hydrogens (primary N) is 1. The van der Waals surface area contributed by atoms with Crippen molar-refractivity contribution in [3.05, 3.63) is 52.8 Å². The van der Waals surface area contributed by atoms with Gasteiger partial charge in [0.05, 0.1) is 47.2 Å². The van der Waals surface area contributed by atoms with E-state index in [1.54, 1.807) is 29.7 Å². The number of nitrogens with zero attached hydrogens (tertiary/aromatic N) is 6. The van der Waals surface area contributed by atoms with Crippen LogP contribution < -0.4 is 10.5 Å². The minimum absolute atomic E-state index is 0.169. The number of unbranched alkanes of at least 4 members (excludes halogenated alkanes) is 2. The highest BCUT2D eigenvalue weighted by Gasteiger charge is 2.28. The van der Waals surface area contributed by atoms with Gasteiger partial charge in [-0.2, -0.15) is 5.10 Å². The number of anilines is 1. The molecule has 0 radical (unpaired) electrons. The van der Waals surface area contributed by atoms with Gasteiger partial charge in [-0.1, -0.05) is 6.07 Å². The highest BCUT2D eigenvalue weighted by atomic mass is 16.6. The number of benzene rings is 1. The number of rotatable bonds is 9. The normalized spacial score (nSPS) is 13.3. The number of aromatic nitrogens is 5. The molecule has 0 unspecified atom stereocenters. The van der Waals surface area contributed by atoms with Crippen molar-refractivity contribution in [1.29, 1.82) is 0 Å². The molecule has 1 aliphatic heterocycles. The Kier molecular flexibility index (Phi) is 8.30. The summed E-state index contributed by atoms with van der Waals surface area (Å²) in [5.74, 6) is -0.00861. The Hall–Kier alpha value is -4.61. The predicted molar refractivity (Wildman–Crippen MR) is 162 cm³/mol. The molecule has 0 saturated heterocycles. The lowest BCUT2D eigenvalue weighted by atomic mass is 9.98. The monoisotopic (exact) mass is 589 g/mol. The standard InChI is InChI=1S/C31H39N7O5/c1-19-15-21(28(39)40)16-25(34-19)22-17-33-36(5)27(22)42-14-8-6-7-12-38-26-23-18-37(30(41)43-31(2,3)4)13-11-20(23)9-10-24(26)35-29(38)32/h9-10,15-17H,6-8,11-14,18H2,1-5H3,(H2,32,35)(H,39,40). The second-order valence-electron chi connectivity index (χ2n) is 11.9. The van der Waals surface area contributed by atoms with Crippen LogP contribution in [0.4, 0.5) is 10.7 Å². The molecule has 43 heavy (non-hydrogen) atoms. The van der Waals surface area contributed by atoms with Gasteiger partial charge in [0.1, 0.15) is 5.60 Å². The summed E-state index contributed by atoms with van der Waals surface area (Å²) in [5, 5.41) is 13.7. The number of hydrogen-bond acceptors (Lipinski definition) is 8. The number of pyridine rings is 1. The molecule has 1 aliphatic rings. The minimum atomic E-state index is -1.01. The van der Waals surface area contributed by atoms with Crippen molar-refractivity contribution in [2.75, 3.05) is 18.9 Å². The van der Waals surface area contributed by atoms with E-state index >= 15 is 0 Å².